The molecule has 0 saturated heterocycles. The van der Waals surface area contributed by atoms with Crippen molar-refractivity contribution >= 4 is 38.4 Å². The van der Waals surface area contributed by atoms with Gasteiger partial charge in [-0.1, -0.05) is 30.3 Å². The van der Waals surface area contributed by atoms with Gasteiger partial charge in [-0.05, 0) is 25.1 Å². The Balaban J connectivity index is 1.62. The van der Waals surface area contributed by atoms with E-state index in [0.29, 0.717) is 31.1 Å². The summed E-state index contributed by atoms with van der Waals surface area (Å²) < 4.78 is 12.6. The molecule has 138 valence electrons. The predicted molar refractivity (Wildman–Crippen MR) is 107 cm³/mol. The van der Waals surface area contributed by atoms with Gasteiger partial charge in [0.1, 0.15) is 10.6 Å². The first-order valence-electron chi connectivity index (χ1n) is 8.85. The van der Waals surface area contributed by atoms with Crippen molar-refractivity contribution in [2.24, 2.45) is 0 Å². The first kappa shape index (κ1) is 17.7. The van der Waals surface area contributed by atoms with Crippen LogP contribution in [0.3, 0.4) is 0 Å². The van der Waals surface area contributed by atoms with Crippen LogP contribution in [0, 0.1) is 0 Å². The normalized spacial score (nSPS) is 11.3. The molecule has 0 unspecified atom stereocenters. The van der Waals surface area contributed by atoms with E-state index in [0.717, 1.165) is 26.2 Å². The summed E-state index contributed by atoms with van der Waals surface area (Å²) in [5.41, 5.74) is 2.46. The van der Waals surface area contributed by atoms with E-state index in [4.69, 9.17) is 9.15 Å². The van der Waals surface area contributed by atoms with Crippen molar-refractivity contribution in [3.63, 3.8) is 0 Å². The van der Waals surface area contributed by atoms with Gasteiger partial charge in [-0.15, -0.1) is 11.3 Å². The molecule has 0 bridgehead atoms. The second-order valence-corrected chi connectivity index (χ2v) is 7.39. The summed E-state index contributed by atoms with van der Waals surface area (Å²) in [6.07, 6.45) is 0. The monoisotopic (exact) mass is 380 g/mol. The first-order valence-corrected chi connectivity index (χ1v) is 9.67. The zero-order valence-electron chi connectivity index (χ0n) is 15.3. The largest absolute Gasteiger partial charge is 0.451 e. The van der Waals surface area contributed by atoms with Crippen LogP contribution in [0.2, 0.25) is 0 Å². The van der Waals surface area contributed by atoms with Crippen molar-refractivity contribution in [3.05, 3.63) is 64.9 Å². The zero-order chi connectivity index (χ0) is 18.8. The SMILES string of the molecule is CCOCc1c(C(=O)N(C)Cc2nc3ccccc3s2)oc2ccccc12. The van der Waals surface area contributed by atoms with Gasteiger partial charge in [0.05, 0.1) is 23.4 Å². The lowest BCUT2D eigenvalue weighted by atomic mass is 10.1. The van der Waals surface area contributed by atoms with Crippen molar-refractivity contribution < 1.29 is 13.9 Å². The van der Waals surface area contributed by atoms with E-state index in [1.165, 1.54) is 0 Å². The van der Waals surface area contributed by atoms with E-state index in [1.54, 1.807) is 23.3 Å². The minimum atomic E-state index is -0.167. The van der Waals surface area contributed by atoms with Gasteiger partial charge in [-0.3, -0.25) is 4.79 Å². The number of fused-ring (bicyclic) bond motifs is 2. The van der Waals surface area contributed by atoms with Crippen LogP contribution in [0.15, 0.2) is 52.9 Å². The van der Waals surface area contributed by atoms with Gasteiger partial charge in [0.2, 0.25) is 0 Å². The van der Waals surface area contributed by atoms with Crippen molar-refractivity contribution in [1.29, 1.82) is 0 Å². The number of carbonyl (C=O) groups is 1. The number of hydrogen-bond donors (Lipinski definition) is 0. The van der Waals surface area contributed by atoms with Crippen LogP contribution >= 0.6 is 11.3 Å². The number of benzene rings is 2. The fourth-order valence-corrected chi connectivity index (χ4v) is 4.08. The summed E-state index contributed by atoms with van der Waals surface area (Å²) in [5, 5.41) is 1.82. The first-order chi connectivity index (χ1) is 13.2. The molecule has 4 aromatic rings. The Morgan fingerprint density at radius 3 is 2.78 bits per heavy atom. The molecule has 0 fully saturated rings. The molecule has 2 aromatic carbocycles. The maximum Gasteiger partial charge on any atom is 0.290 e. The number of hydrogen-bond acceptors (Lipinski definition) is 5. The minimum absolute atomic E-state index is 0.167. The molecule has 2 aromatic heterocycles. The highest BCUT2D eigenvalue weighted by Crippen LogP contribution is 2.28. The van der Waals surface area contributed by atoms with Gasteiger partial charge < -0.3 is 14.1 Å². The molecule has 1 amide bonds. The lowest BCUT2D eigenvalue weighted by molar-refractivity contribution is 0.0745. The third-order valence-electron chi connectivity index (χ3n) is 4.40. The van der Waals surface area contributed by atoms with Gasteiger partial charge in [0.25, 0.3) is 5.91 Å². The van der Waals surface area contributed by atoms with Crippen molar-refractivity contribution in [1.82, 2.24) is 9.88 Å². The molecule has 0 aliphatic carbocycles. The second-order valence-electron chi connectivity index (χ2n) is 6.28. The van der Waals surface area contributed by atoms with Gasteiger partial charge >= 0.3 is 0 Å². The van der Waals surface area contributed by atoms with E-state index in [-0.39, 0.29) is 5.91 Å². The van der Waals surface area contributed by atoms with Gasteiger partial charge in [-0.25, -0.2) is 4.98 Å². The van der Waals surface area contributed by atoms with E-state index >= 15 is 0 Å². The van der Waals surface area contributed by atoms with E-state index in [1.807, 2.05) is 55.5 Å². The number of thiazole rings is 1. The van der Waals surface area contributed by atoms with Crippen LogP contribution < -0.4 is 0 Å². The van der Waals surface area contributed by atoms with Crippen LogP contribution in [0.4, 0.5) is 0 Å². The molecule has 0 aliphatic rings. The maximum absolute atomic E-state index is 13.1. The molecule has 6 heteroatoms. The number of para-hydroxylation sites is 2. The third-order valence-corrected chi connectivity index (χ3v) is 5.42. The number of furan rings is 1. The Morgan fingerprint density at radius 1 is 1.19 bits per heavy atom. The van der Waals surface area contributed by atoms with Crippen LogP contribution in [0.1, 0.15) is 28.0 Å². The number of ether oxygens (including phenoxy) is 1. The summed E-state index contributed by atoms with van der Waals surface area (Å²) in [4.78, 5) is 19.3. The molecule has 5 nitrogen and oxygen atoms in total. The number of rotatable bonds is 6. The number of amides is 1. The Morgan fingerprint density at radius 2 is 1.96 bits per heavy atom. The Hall–Kier alpha value is -2.70. The Bertz CT molecular complexity index is 1070. The third kappa shape index (κ3) is 3.46. The van der Waals surface area contributed by atoms with Crippen LogP contribution in [0.5, 0.6) is 0 Å². The molecule has 0 atom stereocenters. The number of aromatic nitrogens is 1. The van der Waals surface area contributed by atoms with Crippen molar-refractivity contribution in [2.75, 3.05) is 13.7 Å². The van der Waals surface area contributed by atoms with Crippen LogP contribution in [-0.4, -0.2) is 29.4 Å². The molecule has 27 heavy (non-hydrogen) atoms. The predicted octanol–water partition coefficient (Wildman–Crippen LogP) is 4.85. The highest BCUT2D eigenvalue weighted by Gasteiger charge is 2.24. The fourth-order valence-electron chi connectivity index (χ4n) is 3.05. The highest BCUT2D eigenvalue weighted by molar-refractivity contribution is 7.18. The van der Waals surface area contributed by atoms with Gasteiger partial charge in [0.15, 0.2) is 5.76 Å². The number of nitrogens with zero attached hydrogens (tertiary/aromatic N) is 2. The maximum atomic E-state index is 13.1. The molecule has 4 rings (SSSR count). The van der Waals surface area contributed by atoms with Crippen LogP contribution in [0.25, 0.3) is 21.2 Å². The summed E-state index contributed by atoms with van der Waals surface area (Å²) in [6.45, 7) is 3.30. The topological polar surface area (TPSA) is 55.6 Å². The highest BCUT2D eigenvalue weighted by atomic mass is 32.1. The zero-order valence-corrected chi connectivity index (χ0v) is 16.1. The van der Waals surface area contributed by atoms with Gasteiger partial charge in [-0.2, -0.15) is 0 Å². The average Bonchev–Trinajstić information content (AvgIpc) is 3.26. The fraction of sp³-hybridized carbons (Fsp3) is 0.238. The second kappa shape index (κ2) is 7.50. The minimum Gasteiger partial charge on any atom is -0.451 e. The molecule has 0 spiro atoms. The smallest absolute Gasteiger partial charge is 0.290 e. The van der Waals surface area contributed by atoms with Gasteiger partial charge in [0, 0.05) is 24.6 Å². The molecular formula is C21H20N2O3S. The number of carbonyl (C=O) groups excluding carboxylic acids is 1. The van der Waals surface area contributed by atoms with Crippen LogP contribution in [-0.2, 0) is 17.9 Å². The Labute approximate surface area is 161 Å². The Kier molecular flexibility index (Phi) is 4.92. The summed E-state index contributed by atoms with van der Waals surface area (Å²) >= 11 is 1.60. The molecule has 0 N–H and O–H groups in total. The van der Waals surface area contributed by atoms with E-state index < -0.39 is 0 Å². The lowest BCUT2D eigenvalue weighted by Crippen LogP contribution is -2.26. The quantitative estimate of drug-likeness (QED) is 0.480. The van der Waals surface area contributed by atoms with Crippen molar-refractivity contribution in [3.8, 4) is 0 Å². The summed E-state index contributed by atoms with van der Waals surface area (Å²) in [6, 6.07) is 15.6. The molecule has 0 radical (unpaired) electrons. The molecule has 0 aliphatic heterocycles. The molecular weight excluding hydrogens is 360 g/mol. The van der Waals surface area contributed by atoms with E-state index in [9.17, 15) is 4.79 Å². The van der Waals surface area contributed by atoms with E-state index in [2.05, 4.69) is 4.98 Å². The summed E-state index contributed by atoms with van der Waals surface area (Å²) in [7, 11) is 1.77. The molecule has 0 saturated carbocycles. The van der Waals surface area contributed by atoms with Crippen molar-refractivity contribution in [2.45, 2.75) is 20.1 Å². The molecule has 2 heterocycles. The standard InChI is InChI=1S/C21H20N2O3S/c1-3-25-13-15-14-8-4-6-10-17(14)26-20(15)21(24)23(2)12-19-22-16-9-5-7-11-18(16)27-19/h4-11H,3,12-13H2,1-2H3. The lowest BCUT2D eigenvalue weighted by Gasteiger charge is -2.15. The summed E-state index contributed by atoms with van der Waals surface area (Å²) in [5.74, 6) is 0.174. The average molecular weight is 380 g/mol.